The van der Waals surface area contributed by atoms with Crippen molar-refractivity contribution in [3.05, 3.63) is 63.8 Å². The van der Waals surface area contributed by atoms with Crippen LogP contribution in [0.2, 0.25) is 0 Å². The van der Waals surface area contributed by atoms with Gasteiger partial charge in [0.25, 0.3) is 5.69 Å². The third-order valence-electron chi connectivity index (χ3n) is 4.52. The molecule has 0 radical (unpaired) electrons. The highest BCUT2D eigenvalue weighted by Crippen LogP contribution is 2.24. The van der Waals surface area contributed by atoms with Gasteiger partial charge in [0.1, 0.15) is 11.5 Å². The van der Waals surface area contributed by atoms with E-state index in [9.17, 15) is 10.1 Å². The summed E-state index contributed by atoms with van der Waals surface area (Å²) in [5, 5.41) is 14.3. The maximum Gasteiger partial charge on any atom is 0.290 e. The standard InChI is InChI=1S/C18H22N4O2/c1-13-10-21(11-15-6-4-3-5-7-15)12-16(13)20-18-9-8-17(22(23)24)14(2)19-18/h3-9,13,16H,10-12H2,1-2H3,(H,19,20). The molecule has 0 amide bonds. The molecule has 24 heavy (non-hydrogen) atoms. The highest BCUT2D eigenvalue weighted by molar-refractivity contribution is 5.45. The summed E-state index contributed by atoms with van der Waals surface area (Å²) in [5.74, 6) is 1.20. The molecule has 1 fully saturated rings. The molecule has 1 N–H and O–H groups in total. The van der Waals surface area contributed by atoms with Crippen molar-refractivity contribution < 1.29 is 4.92 Å². The third kappa shape index (κ3) is 3.71. The van der Waals surface area contributed by atoms with Crippen LogP contribution in [0, 0.1) is 23.0 Å². The van der Waals surface area contributed by atoms with Gasteiger partial charge in [0, 0.05) is 31.7 Å². The summed E-state index contributed by atoms with van der Waals surface area (Å²) in [6.07, 6.45) is 0. The van der Waals surface area contributed by atoms with Gasteiger partial charge < -0.3 is 5.32 Å². The predicted molar refractivity (Wildman–Crippen MR) is 93.9 cm³/mol. The fourth-order valence-corrected chi connectivity index (χ4v) is 3.24. The molecule has 0 aliphatic carbocycles. The Balaban J connectivity index is 1.63. The van der Waals surface area contributed by atoms with Crippen molar-refractivity contribution in [3.63, 3.8) is 0 Å². The van der Waals surface area contributed by atoms with Gasteiger partial charge in [-0.2, -0.15) is 0 Å². The number of hydrogen-bond donors (Lipinski definition) is 1. The molecule has 1 aromatic heterocycles. The van der Waals surface area contributed by atoms with E-state index in [0.29, 0.717) is 23.5 Å². The molecule has 126 valence electrons. The quantitative estimate of drug-likeness (QED) is 0.675. The van der Waals surface area contributed by atoms with Crippen molar-refractivity contribution in [1.82, 2.24) is 9.88 Å². The summed E-state index contributed by atoms with van der Waals surface area (Å²) in [7, 11) is 0. The lowest BCUT2D eigenvalue weighted by Crippen LogP contribution is -2.28. The molecular weight excluding hydrogens is 304 g/mol. The Morgan fingerprint density at radius 2 is 2.00 bits per heavy atom. The highest BCUT2D eigenvalue weighted by Gasteiger charge is 2.29. The topological polar surface area (TPSA) is 71.3 Å². The molecule has 6 nitrogen and oxygen atoms in total. The Morgan fingerprint density at radius 1 is 1.25 bits per heavy atom. The van der Waals surface area contributed by atoms with Crippen molar-refractivity contribution in [2.24, 2.45) is 5.92 Å². The van der Waals surface area contributed by atoms with E-state index in [1.54, 1.807) is 13.0 Å². The Bertz CT molecular complexity index is 720. The maximum atomic E-state index is 10.9. The molecule has 1 aliphatic rings. The predicted octanol–water partition coefficient (Wildman–Crippen LogP) is 3.23. The van der Waals surface area contributed by atoms with E-state index in [0.717, 1.165) is 19.6 Å². The summed E-state index contributed by atoms with van der Waals surface area (Å²) in [5.41, 5.74) is 1.82. The van der Waals surface area contributed by atoms with Crippen molar-refractivity contribution >= 4 is 11.5 Å². The molecule has 6 heteroatoms. The number of nitrogens with one attached hydrogen (secondary N) is 1. The van der Waals surface area contributed by atoms with E-state index < -0.39 is 4.92 Å². The number of aromatic nitrogens is 1. The van der Waals surface area contributed by atoms with Crippen LogP contribution in [-0.4, -0.2) is 33.9 Å². The summed E-state index contributed by atoms with van der Waals surface area (Å²) >= 11 is 0. The minimum atomic E-state index is -0.397. The normalized spacial score (nSPS) is 20.9. The molecule has 0 saturated carbocycles. The van der Waals surface area contributed by atoms with Crippen LogP contribution >= 0.6 is 0 Å². The summed E-state index contributed by atoms with van der Waals surface area (Å²) in [6.45, 7) is 6.80. The van der Waals surface area contributed by atoms with Crippen molar-refractivity contribution in [2.75, 3.05) is 18.4 Å². The van der Waals surface area contributed by atoms with Gasteiger partial charge in [-0.1, -0.05) is 37.3 Å². The van der Waals surface area contributed by atoms with Crippen LogP contribution in [0.4, 0.5) is 11.5 Å². The summed E-state index contributed by atoms with van der Waals surface area (Å²) in [6, 6.07) is 14.0. The number of nitrogens with zero attached hydrogens (tertiary/aromatic N) is 3. The SMILES string of the molecule is Cc1nc(NC2CN(Cc3ccccc3)CC2C)ccc1[N+](=O)[O-]. The van der Waals surface area contributed by atoms with Gasteiger partial charge in [0.05, 0.1) is 4.92 Å². The Kier molecular flexibility index (Phi) is 4.76. The van der Waals surface area contributed by atoms with Gasteiger partial charge in [-0.3, -0.25) is 15.0 Å². The molecule has 1 aromatic carbocycles. The zero-order chi connectivity index (χ0) is 17.1. The first-order valence-corrected chi connectivity index (χ1v) is 8.18. The van der Waals surface area contributed by atoms with Gasteiger partial charge >= 0.3 is 0 Å². The highest BCUT2D eigenvalue weighted by atomic mass is 16.6. The van der Waals surface area contributed by atoms with Gasteiger partial charge in [-0.05, 0) is 24.5 Å². The Labute approximate surface area is 141 Å². The number of aryl methyl sites for hydroxylation is 1. The van der Waals surface area contributed by atoms with Crippen LogP contribution < -0.4 is 5.32 Å². The Morgan fingerprint density at radius 3 is 2.67 bits per heavy atom. The molecule has 2 unspecified atom stereocenters. The van der Waals surface area contributed by atoms with Crippen LogP contribution in [-0.2, 0) is 6.54 Å². The minimum Gasteiger partial charge on any atom is -0.366 e. The maximum absolute atomic E-state index is 10.9. The van der Waals surface area contributed by atoms with Crippen LogP contribution in [0.1, 0.15) is 18.2 Å². The molecule has 2 aromatic rings. The second kappa shape index (κ2) is 6.97. The summed E-state index contributed by atoms with van der Waals surface area (Å²) < 4.78 is 0. The minimum absolute atomic E-state index is 0.0609. The number of pyridine rings is 1. The van der Waals surface area contributed by atoms with E-state index in [4.69, 9.17) is 0 Å². The van der Waals surface area contributed by atoms with Gasteiger partial charge in [-0.25, -0.2) is 4.98 Å². The molecule has 1 aliphatic heterocycles. The number of benzene rings is 1. The third-order valence-corrected chi connectivity index (χ3v) is 4.52. The van der Waals surface area contributed by atoms with Crippen LogP contribution in [0.5, 0.6) is 0 Å². The van der Waals surface area contributed by atoms with Gasteiger partial charge in [0.15, 0.2) is 0 Å². The molecule has 0 spiro atoms. The summed E-state index contributed by atoms with van der Waals surface area (Å²) in [4.78, 5) is 17.2. The zero-order valence-corrected chi connectivity index (χ0v) is 14.0. The molecule has 2 heterocycles. The molecule has 1 saturated heterocycles. The van der Waals surface area contributed by atoms with E-state index in [1.165, 1.54) is 11.6 Å². The van der Waals surface area contributed by atoms with E-state index in [-0.39, 0.29) is 5.69 Å². The molecular formula is C18H22N4O2. The second-order valence-corrected chi connectivity index (χ2v) is 6.47. The first-order valence-electron chi connectivity index (χ1n) is 8.18. The van der Waals surface area contributed by atoms with Crippen LogP contribution in [0.15, 0.2) is 42.5 Å². The molecule has 3 rings (SSSR count). The monoisotopic (exact) mass is 326 g/mol. The average molecular weight is 326 g/mol. The first-order chi connectivity index (χ1) is 11.5. The van der Waals surface area contributed by atoms with Gasteiger partial charge in [0.2, 0.25) is 0 Å². The fourth-order valence-electron chi connectivity index (χ4n) is 3.24. The van der Waals surface area contributed by atoms with Gasteiger partial charge in [-0.15, -0.1) is 0 Å². The lowest BCUT2D eigenvalue weighted by Gasteiger charge is -2.18. The number of likely N-dealkylation sites (tertiary alicyclic amines) is 1. The van der Waals surface area contributed by atoms with Crippen molar-refractivity contribution in [3.8, 4) is 0 Å². The lowest BCUT2D eigenvalue weighted by molar-refractivity contribution is -0.385. The number of nitro groups is 1. The number of hydrogen-bond acceptors (Lipinski definition) is 5. The number of rotatable bonds is 5. The van der Waals surface area contributed by atoms with E-state index >= 15 is 0 Å². The van der Waals surface area contributed by atoms with Crippen LogP contribution in [0.25, 0.3) is 0 Å². The second-order valence-electron chi connectivity index (χ2n) is 6.47. The fraction of sp³-hybridized carbons (Fsp3) is 0.389. The largest absolute Gasteiger partial charge is 0.366 e. The molecule has 0 bridgehead atoms. The first kappa shape index (κ1) is 16.4. The Hall–Kier alpha value is -2.47. The number of anilines is 1. The van der Waals surface area contributed by atoms with E-state index in [1.807, 2.05) is 6.07 Å². The molecule has 2 atom stereocenters. The van der Waals surface area contributed by atoms with E-state index in [2.05, 4.69) is 46.4 Å². The van der Waals surface area contributed by atoms with Crippen LogP contribution in [0.3, 0.4) is 0 Å². The van der Waals surface area contributed by atoms with Crippen molar-refractivity contribution in [1.29, 1.82) is 0 Å². The van der Waals surface area contributed by atoms with Crippen molar-refractivity contribution in [2.45, 2.75) is 26.4 Å². The zero-order valence-electron chi connectivity index (χ0n) is 14.0. The smallest absolute Gasteiger partial charge is 0.290 e. The average Bonchev–Trinajstić information content (AvgIpc) is 2.87. The lowest BCUT2D eigenvalue weighted by atomic mass is 10.1.